The van der Waals surface area contributed by atoms with Crippen LogP contribution in [0.1, 0.15) is 10.4 Å². The quantitative estimate of drug-likeness (QED) is 0.914. The van der Waals surface area contributed by atoms with Crippen LogP contribution < -0.4 is 5.32 Å². The number of carbonyl (C=O) groups is 1. The second-order valence-corrected chi connectivity index (χ2v) is 5.35. The molecule has 1 N–H and O–H groups in total. The lowest BCUT2D eigenvalue weighted by atomic mass is 10.2. The highest BCUT2D eigenvalue weighted by atomic mass is 35.5. The van der Waals surface area contributed by atoms with Gasteiger partial charge in [0.05, 0.1) is 5.02 Å². The molecule has 1 aliphatic heterocycles. The lowest BCUT2D eigenvalue weighted by Crippen LogP contribution is -2.46. The normalized spacial score (nSPS) is 16.1. The third kappa shape index (κ3) is 3.91. The summed E-state index contributed by atoms with van der Waals surface area (Å²) < 4.78 is 13.1. The number of carbonyl (C=O) groups excluding carboxylic acids is 1. The van der Waals surface area contributed by atoms with Gasteiger partial charge in [0.2, 0.25) is 0 Å². The third-order valence-corrected chi connectivity index (χ3v) is 3.76. The van der Waals surface area contributed by atoms with E-state index in [2.05, 4.69) is 10.2 Å². The number of rotatable bonds is 4. The molecule has 1 aromatic carbocycles. The fraction of sp³-hybridized carbons (Fsp3) is 0.500. The van der Waals surface area contributed by atoms with Gasteiger partial charge in [-0.3, -0.25) is 9.69 Å². The van der Waals surface area contributed by atoms with Crippen molar-refractivity contribution in [2.45, 2.75) is 0 Å². The molecule has 1 amide bonds. The molecule has 0 unspecified atom stereocenters. The Hall–Kier alpha value is -1.17. The van der Waals surface area contributed by atoms with E-state index in [1.54, 1.807) is 11.9 Å². The van der Waals surface area contributed by atoms with Crippen LogP contribution in [0.4, 0.5) is 4.39 Å². The molecule has 4 nitrogen and oxygen atoms in total. The Morgan fingerprint density at radius 1 is 1.45 bits per heavy atom. The lowest BCUT2D eigenvalue weighted by Gasteiger charge is -2.29. The zero-order chi connectivity index (χ0) is 14.5. The highest BCUT2D eigenvalue weighted by Gasteiger charge is 2.15. The van der Waals surface area contributed by atoms with Gasteiger partial charge in [-0.15, -0.1) is 0 Å². The zero-order valence-electron chi connectivity index (χ0n) is 11.5. The van der Waals surface area contributed by atoms with Gasteiger partial charge in [-0.05, 0) is 18.2 Å². The summed E-state index contributed by atoms with van der Waals surface area (Å²) in [5.74, 6) is -0.645. The average molecular weight is 300 g/mol. The highest BCUT2D eigenvalue weighted by Crippen LogP contribution is 2.17. The molecular weight excluding hydrogens is 281 g/mol. The van der Waals surface area contributed by atoms with Crippen molar-refractivity contribution in [3.8, 4) is 0 Å². The molecule has 0 spiro atoms. The number of likely N-dealkylation sites (N-methyl/N-ethyl adjacent to an activating group) is 1. The van der Waals surface area contributed by atoms with Crippen LogP contribution in [0.15, 0.2) is 18.2 Å². The molecule has 20 heavy (non-hydrogen) atoms. The predicted octanol–water partition coefficient (Wildman–Crippen LogP) is 1.46. The molecule has 1 saturated heterocycles. The van der Waals surface area contributed by atoms with Crippen LogP contribution in [0.5, 0.6) is 0 Å². The highest BCUT2D eigenvalue weighted by molar-refractivity contribution is 6.31. The minimum absolute atomic E-state index is 0.0219. The van der Waals surface area contributed by atoms with Crippen molar-refractivity contribution in [2.24, 2.45) is 0 Å². The number of nitrogens with one attached hydrogen (secondary N) is 1. The number of nitrogens with zero attached hydrogens (tertiary/aromatic N) is 2. The van der Waals surface area contributed by atoms with E-state index in [0.29, 0.717) is 12.1 Å². The van der Waals surface area contributed by atoms with E-state index >= 15 is 0 Å². The SMILES string of the molecule is CN(CCN1CCNCC1)C(=O)c1ccc(F)c(Cl)c1. The Kier molecular flexibility index (Phi) is 5.34. The Morgan fingerprint density at radius 2 is 2.15 bits per heavy atom. The molecule has 6 heteroatoms. The summed E-state index contributed by atoms with van der Waals surface area (Å²) in [6.45, 7) is 5.48. The maximum Gasteiger partial charge on any atom is 0.253 e. The number of hydrogen-bond acceptors (Lipinski definition) is 3. The van der Waals surface area contributed by atoms with Crippen molar-refractivity contribution in [1.29, 1.82) is 0 Å². The van der Waals surface area contributed by atoms with Crippen LogP contribution in [0, 0.1) is 5.82 Å². The molecule has 0 radical (unpaired) electrons. The van der Waals surface area contributed by atoms with Crippen molar-refractivity contribution >= 4 is 17.5 Å². The van der Waals surface area contributed by atoms with E-state index in [4.69, 9.17) is 11.6 Å². The zero-order valence-corrected chi connectivity index (χ0v) is 12.3. The topological polar surface area (TPSA) is 35.6 Å². The van der Waals surface area contributed by atoms with Crippen molar-refractivity contribution in [1.82, 2.24) is 15.1 Å². The molecule has 1 aromatic rings. The molecule has 0 aromatic heterocycles. The predicted molar refractivity (Wildman–Crippen MR) is 77.7 cm³/mol. The first-order valence-electron chi connectivity index (χ1n) is 6.71. The van der Waals surface area contributed by atoms with Gasteiger partial charge < -0.3 is 10.2 Å². The first-order valence-corrected chi connectivity index (χ1v) is 7.09. The molecule has 1 aliphatic rings. The first kappa shape index (κ1) is 15.2. The van der Waals surface area contributed by atoms with Gasteiger partial charge in [0, 0.05) is 51.9 Å². The number of halogens is 2. The van der Waals surface area contributed by atoms with Gasteiger partial charge in [0.25, 0.3) is 5.91 Å². The van der Waals surface area contributed by atoms with Gasteiger partial charge >= 0.3 is 0 Å². The molecule has 0 aliphatic carbocycles. The maximum atomic E-state index is 13.1. The van der Waals surface area contributed by atoms with Crippen molar-refractivity contribution in [3.05, 3.63) is 34.6 Å². The first-order chi connectivity index (χ1) is 9.58. The van der Waals surface area contributed by atoms with E-state index in [9.17, 15) is 9.18 Å². The minimum atomic E-state index is -0.508. The monoisotopic (exact) mass is 299 g/mol. The smallest absolute Gasteiger partial charge is 0.253 e. The summed E-state index contributed by atoms with van der Waals surface area (Å²) in [5, 5.41) is 3.27. The van der Waals surface area contributed by atoms with Gasteiger partial charge in [-0.2, -0.15) is 0 Å². The van der Waals surface area contributed by atoms with Crippen LogP contribution in [0.2, 0.25) is 5.02 Å². The van der Waals surface area contributed by atoms with Crippen LogP contribution in [-0.2, 0) is 0 Å². The van der Waals surface area contributed by atoms with E-state index in [1.165, 1.54) is 18.2 Å². The fourth-order valence-electron chi connectivity index (χ4n) is 2.18. The number of amides is 1. The molecule has 110 valence electrons. The van der Waals surface area contributed by atoms with Gasteiger partial charge in [-0.1, -0.05) is 11.6 Å². The molecule has 0 atom stereocenters. The van der Waals surface area contributed by atoms with Crippen LogP contribution in [-0.4, -0.2) is 62.0 Å². The summed E-state index contributed by atoms with van der Waals surface area (Å²) in [6.07, 6.45) is 0. The second kappa shape index (κ2) is 7.02. The van der Waals surface area contributed by atoms with Crippen LogP contribution in [0.3, 0.4) is 0 Å². The van der Waals surface area contributed by atoms with E-state index in [0.717, 1.165) is 32.7 Å². The average Bonchev–Trinajstić information content (AvgIpc) is 2.48. The van der Waals surface area contributed by atoms with E-state index in [1.807, 2.05) is 0 Å². The van der Waals surface area contributed by atoms with Crippen LogP contribution >= 0.6 is 11.6 Å². The Labute approximate surface area is 123 Å². The van der Waals surface area contributed by atoms with Crippen molar-refractivity contribution in [2.75, 3.05) is 46.3 Å². The van der Waals surface area contributed by atoms with E-state index in [-0.39, 0.29) is 10.9 Å². The second-order valence-electron chi connectivity index (χ2n) is 4.95. The molecule has 1 heterocycles. The molecule has 0 bridgehead atoms. The largest absolute Gasteiger partial charge is 0.340 e. The minimum Gasteiger partial charge on any atom is -0.340 e. The number of benzene rings is 1. The number of hydrogen-bond donors (Lipinski definition) is 1. The summed E-state index contributed by atoms with van der Waals surface area (Å²) in [7, 11) is 1.75. The summed E-state index contributed by atoms with van der Waals surface area (Å²) in [6, 6.07) is 4.06. The Morgan fingerprint density at radius 3 is 2.80 bits per heavy atom. The van der Waals surface area contributed by atoms with Gasteiger partial charge in [-0.25, -0.2) is 4.39 Å². The standard InChI is InChI=1S/C14H19ClFN3O/c1-18(8-9-19-6-4-17-5-7-19)14(20)11-2-3-13(16)12(15)10-11/h2-3,10,17H,4-9H2,1H3. The lowest BCUT2D eigenvalue weighted by molar-refractivity contribution is 0.0775. The van der Waals surface area contributed by atoms with Crippen molar-refractivity contribution < 1.29 is 9.18 Å². The molecule has 0 saturated carbocycles. The molecular formula is C14H19ClFN3O. The van der Waals surface area contributed by atoms with Crippen molar-refractivity contribution in [3.63, 3.8) is 0 Å². The molecule has 1 fully saturated rings. The summed E-state index contributed by atoms with van der Waals surface area (Å²) in [4.78, 5) is 16.2. The molecule has 2 rings (SSSR count). The van der Waals surface area contributed by atoms with E-state index < -0.39 is 5.82 Å². The summed E-state index contributed by atoms with van der Waals surface area (Å²) in [5.41, 5.74) is 0.416. The summed E-state index contributed by atoms with van der Waals surface area (Å²) >= 11 is 5.70. The van der Waals surface area contributed by atoms with Gasteiger partial charge in [0.15, 0.2) is 0 Å². The fourth-order valence-corrected chi connectivity index (χ4v) is 2.36. The van der Waals surface area contributed by atoms with Gasteiger partial charge in [0.1, 0.15) is 5.82 Å². The third-order valence-electron chi connectivity index (χ3n) is 3.47. The maximum absolute atomic E-state index is 13.1. The van der Waals surface area contributed by atoms with Crippen LogP contribution in [0.25, 0.3) is 0 Å². The number of piperazine rings is 1. The Balaban J connectivity index is 1.89. The Bertz CT molecular complexity index is 477.